The van der Waals surface area contributed by atoms with Gasteiger partial charge >= 0.3 is 0 Å². The summed E-state index contributed by atoms with van der Waals surface area (Å²) >= 11 is 6.53. The maximum absolute atomic E-state index is 11.3. The van der Waals surface area contributed by atoms with Crippen molar-refractivity contribution in [1.29, 1.82) is 0 Å². The Labute approximate surface area is 103 Å². The van der Waals surface area contributed by atoms with Crippen LogP contribution in [0.4, 0.5) is 0 Å². The molecule has 1 aromatic heterocycles. The maximum atomic E-state index is 11.3. The molecule has 0 spiro atoms. The van der Waals surface area contributed by atoms with Crippen molar-refractivity contribution in [3.63, 3.8) is 0 Å². The predicted molar refractivity (Wildman–Crippen MR) is 65.2 cm³/mol. The highest BCUT2D eigenvalue weighted by atomic mass is 79.9. The normalized spacial score (nSPS) is 10.3. The number of hydrogen-bond acceptors (Lipinski definition) is 2. The number of halogens is 2. The van der Waals surface area contributed by atoms with Gasteiger partial charge in [-0.05, 0) is 44.0 Å². The summed E-state index contributed by atoms with van der Waals surface area (Å²) in [6, 6.07) is 9.57. The highest BCUT2D eigenvalue weighted by Gasteiger charge is 2.07. The van der Waals surface area contributed by atoms with E-state index < -0.39 is 0 Å². The van der Waals surface area contributed by atoms with Gasteiger partial charge in [-0.15, -0.1) is 0 Å². The van der Waals surface area contributed by atoms with E-state index >= 15 is 0 Å². The van der Waals surface area contributed by atoms with Crippen LogP contribution in [0.2, 0.25) is 0 Å². The fourth-order valence-corrected chi connectivity index (χ4v) is 1.92. The summed E-state index contributed by atoms with van der Waals surface area (Å²) < 4.78 is 2.73. The molecular weight excluding hydrogens is 324 g/mol. The molecule has 0 N–H and O–H groups in total. The highest BCUT2D eigenvalue weighted by molar-refractivity contribution is 9.13. The van der Waals surface area contributed by atoms with Crippen LogP contribution in [0.15, 0.2) is 50.4 Å². The molecule has 0 atom stereocenters. The van der Waals surface area contributed by atoms with Crippen LogP contribution in [-0.4, -0.2) is 9.78 Å². The molecule has 0 unspecified atom stereocenters. The second-order valence-corrected chi connectivity index (χ2v) is 4.41. The van der Waals surface area contributed by atoms with Gasteiger partial charge in [0.1, 0.15) is 4.60 Å². The first-order chi connectivity index (χ1) is 7.20. The van der Waals surface area contributed by atoms with Gasteiger partial charge < -0.3 is 0 Å². The topological polar surface area (TPSA) is 34.9 Å². The minimum atomic E-state index is -0.144. The first kappa shape index (κ1) is 10.6. The first-order valence-corrected chi connectivity index (χ1v) is 5.77. The molecule has 5 heteroatoms. The van der Waals surface area contributed by atoms with E-state index in [1.165, 1.54) is 6.20 Å². The van der Waals surface area contributed by atoms with Gasteiger partial charge in [-0.1, -0.05) is 18.2 Å². The lowest BCUT2D eigenvalue weighted by atomic mass is 10.3. The van der Waals surface area contributed by atoms with E-state index in [1.807, 2.05) is 30.3 Å². The van der Waals surface area contributed by atoms with Crippen LogP contribution >= 0.6 is 31.9 Å². The van der Waals surface area contributed by atoms with Gasteiger partial charge in [-0.25, -0.2) is 4.68 Å². The second kappa shape index (κ2) is 4.28. The van der Waals surface area contributed by atoms with Gasteiger partial charge in [-0.3, -0.25) is 4.79 Å². The van der Waals surface area contributed by atoms with Crippen molar-refractivity contribution in [3.8, 4) is 5.69 Å². The summed E-state index contributed by atoms with van der Waals surface area (Å²) in [7, 11) is 0. The molecule has 2 aromatic rings. The Hall–Kier alpha value is -0.940. The maximum Gasteiger partial charge on any atom is 0.215 e. The molecular formula is C10H6Br2N2O. The third-order valence-corrected chi connectivity index (χ3v) is 3.91. The SMILES string of the molecule is O=c1cnn(-c2ccccc2)c(Br)c1Br. The summed E-state index contributed by atoms with van der Waals surface area (Å²) in [6.45, 7) is 0. The zero-order chi connectivity index (χ0) is 10.8. The van der Waals surface area contributed by atoms with E-state index in [9.17, 15) is 4.79 Å². The Morgan fingerprint density at radius 1 is 1.13 bits per heavy atom. The smallest absolute Gasteiger partial charge is 0.215 e. The molecule has 0 saturated heterocycles. The summed E-state index contributed by atoms with van der Waals surface area (Å²) in [5.74, 6) is 0. The predicted octanol–water partition coefficient (Wildman–Crippen LogP) is 2.76. The summed E-state index contributed by atoms with van der Waals surface area (Å²) in [5, 5.41) is 4.04. The van der Waals surface area contributed by atoms with Gasteiger partial charge in [-0.2, -0.15) is 5.10 Å². The Bertz CT molecular complexity index is 537. The van der Waals surface area contributed by atoms with Gasteiger partial charge in [0.25, 0.3) is 0 Å². The average Bonchev–Trinajstić information content (AvgIpc) is 2.27. The number of hydrogen-bond donors (Lipinski definition) is 0. The van der Waals surface area contributed by atoms with Gasteiger partial charge in [0.15, 0.2) is 0 Å². The van der Waals surface area contributed by atoms with Crippen molar-refractivity contribution < 1.29 is 0 Å². The number of nitrogens with zero attached hydrogens (tertiary/aromatic N) is 2. The number of para-hydroxylation sites is 1. The average molecular weight is 330 g/mol. The molecule has 2 rings (SSSR count). The lowest BCUT2D eigenvalue weighted by molar-refractivity contribution is 0.807. The van der Waals surface area contributed by atoms with Crippen molar-refractivity contribution in [2.45, 2.75) is 0 Å². The minimum absolute atomic E-state index is 0.144. The van der Waals surface area contributed by atoms with E-state index in [0.29, 0.717) is 9.08 Å². The van der Waals surface area contributed by atoms with Crippen LogP contribution in [0.1, 0.15) is 0 Å². The molecule has 0 saturated carbocycles. The largest absolute Gasteiger partial charge is 0.287 e. The van der Waals surface area contributed by atoms with Crippen LogP contribution < -0.4 is 5.43 Å². The third-order valence-electron chi connectivity index (χ3n) is 1.87. The molecule has 15 heavy (non-hydrogen) atoms. The van der Waals surface area contributed by atoms with Gasteiger partial charge in [0.05, 0.1) is 16.4 Å². The molecule has 0 aliphatic heterocycles. The molecule has 3 nitrogen and oxygen atoms in total. The minimum Gasteiger partial charge on any atom is -0.287 e. The van der Waals surface area contributed by atoms with Crippen LogP contribution in [-0.2, 0) is 0 Å². The molecule has 1 aromatic carbocycles. The third kappa shape index (κ3) is 2.03. The summed E-state index contributed by atoms with van der Waals surface area (Å²) in [6.07, 6.45) is 1.28. The molecule has 0 bridgehead atoms. The number of benzene rings is 1. The molecule has 0 amide bonds. The molecule has 76 valence electrons. The van der Waals surface area contributed by atoms with Crippen LogP contribution in [0.3, 0.4) is 0 Å². The fraction of sp³-hybridized carbons (Fsp3) is 0. The lowest BCUT2D eigenvalue weighted by Gasteiger charge is -2.07. The molecule has 0 aliphatic rings. The Kier molecular flexibility index (Phi) is 3.02. The second-order valence-electron chi connectivity index (χ2n) is 2.86. The zero-order valence-corrected chi connectivity index (χ0v) is 10.7. The monoisotopic (exact) mass is 328 g/mol. The van der Waals surface area contributed by atoms with Crippen molar-refractivity contribution in [3.05, 3.63) is 55.8 Å². The summed E-state index contributed by atoms with van der Waals surface area (Å²) in [4.78, 5) is 11.3. The number of aromatic nitrogens is 2. The quantitative estimate of drug-likeness (QED) is 0.806. The fourth-order valence-electron chi connectivity index (χ4n) is 1.16. The summed E-state index contributed by atoms with van der Waals surface area (Å²) in [5.41, 5.74) is 0.749. The van der Waals surface area contributed by atoms with Crippen molar-refractivity contribution in [2.75, 3.05) is 0 Å². The van der Waals surface area contributed by atoms with E-state index in [2.05, 4.69) is 37.0 Å². The van der Waals surface area contributed by atoms with Crippen molar-refractivity contribution >= 4 is 31.9 Å². The van der Waals surface area contributed by atoms with Gasteiger partial charge in [0.2, 0.25) is 5.43 Å². The zero-order valence-electron chi connectivity index (χ0n) is 7.52. The Morgan fingerprint density at radius 2 is 1.80 bits per heavy atom. The molecule has 0 radical (unpaired) electrons. The van der Waals surface area contributed by atoms with E-state index in [4.69, 9.17) is 0 Å². The van der Waals surface area contributed by atoms with E-state index in [-0.39, 0.29) is 5.43 Å². The van der Waals surface area contributed by atoms with Crippen LogP contribution in [0.5, 0.6) is 0 Å². The highest BCUT2D eigenvalue weighted by Crippen LogP contribution is 2.20. The van der Waals surface area contributed by atoms with Crippen LogP contribution in [0, 0.1) is 0 Å². The molecule has 0 aliphatic carbocycles. The lowest BCUT2D eigenvalue weighted by Crippen LogP contribution is -2.11. The number of rotatable bonds is 1. The standard InChI is InChI=1S/C10H6Br2N2O/c11-9-8(15)6-13-14(10(9)12)7-4-2-1-3-5-7/h1-6H. The van der Waals surface area contributed by atoms with E-state index in [0.717, 1.165) is 5.69 Å². The van der Waals surface area contributed by atoms with E-state index in [1.54, 1.807) is 4.68 Å². The molecule has 1 heterocycles. The van der Waals surface area contributed by atoms with Crippen molar-refractivity contribution in [1.82, 2.24) is 9.78 Å². The molecule has 0 fully saturated rings. The van der Waals surface area contributed by atoms with Crippen LogP contribution in [0.25, 0.3) is 5.69 Å². The van der Waals surface area contributed by atoms with Gasteiger partial charge in [0, 0.05) is 0 Å². The Balaban J connectivity index is 2.65. The van der Waals surface area contributed by atoms with Crippen molar-refractivity contribution in [2.24, 2.45) is 0 Å². The first-order valence-electron chi connectivity index (χ1n) is 4.19. The Morgan fingerprint density at radius 3 is 2.47 bits per heavy atom.